The number of likely N-dealkylation sites (tertiary alicyclic amines) is 1. The molecule has 1 aliphatic heterocycles. The zero-order valence-corrected chi connectivity index (χ0v) is 25.9. The minimum atomic E-state index is -4.71. The van der Waals surface area contributed by atoms with E-state index >= 15 is 0 Å². The Balaban J connectivity index is 2.40. The molecule has 242 valence electrons. The molecule has 1 aliphatic rings. The molecule has 2 rings (SSSR count). The van der Waals surface area contributed by atoms with Crippen LogP contribution in [0.15, 0.2) is 24.3 Å². The van der Waals surface area contributed by atoms with E-state index < -0.39 is 71.9 Å². The quantitative estimate of drug-likeness (QED) is 0.300. The third-order valence-corrected chi connectivity index (χ3v) is 7.02. The number of nitrogens with one attached hydrogen (secondary N) is 2. The zero-order valence-electron chi connectivity index (χ0n) is 25.2. The van der Waals surface area contributed by atoms with Crippen LogP contribution >= 0.6 is 11.6 Å². The average Bonchev–Trinajstić information content (AvgIpc) is 2.87. The van der Waals surface area contributed by atoms with Crippen LogP contribution in [-0.4, -0.2) is 84.8 Å². The molecule has 3 amide bonds. The lowest BCUT2D eigenvalue weighted by Gasteiger charge is -2.45. The van der Waals surface area contributed by atoms with Gasteiger partial charge in [-0.05, 0) is 64.7 Å². The first-order valence-electron chi connectivity index (χ1n) is 14.0. The topological polar surface area (TPSA) is 140 Å². The Morgan fingerprint density at radius 3 is 2.28 bits per heavy atom. The van der Waals surface area contributed by atoms with Crippen LogP contribution in [0, 0.1) is 5.92 Å². The summed E-state index contributed by atoms with van der Waals surface area (Å²) in [6, 6.07) is 4.80. The van der Waals surface area contributed by atoms with Crippen molar-refractivity contribution in [3.05, 3.63) is 34.9 Å². The number of halogens is 4. The van der Waals surface area contributed by atoms with Crippen LogP contribution < -0.4 is 16.4 Å². The number of esters is 1. The van der Waals surface area contributed by atoms with Crippen LogP contribution in [0.4, 0.5) is 13.2 Å². The van der Waals surface area contributed by atoms with Gasteiger partial charge in [-0.15, -0.1) is 0 Å². The predicted molar refractivity (Wildman–Crippen MR) is 154 cm³/mol. The number of nitrogens with two attached hydrogens (primary N) is 1. The Bertz CT molecular complexity index is 1130. The molecule has 0 aliphatic carbocycles. The summed E-state index contributed by atoms with van der Waals surface area (Å²) < 4.78 is 50.9. The Kier molecular flexibility index (Phi) is 12.8. The van der Waals surface area contributed by atoms with Gasteiger partial charge in [0.05, 0.1) is 36.9 Å². The molecule has 0 bridgehead atoms. The van der Waals surface area contributed by atoms with E-state index in [-0.39, 0.29) is 26.1 Å². The van der Waals surface area contributed by atoms with Crippen molar-refractivity contribution in [2.24, 2.45) is 11.7 Å². The molecular formula is C29H42ClF3N4O6. The first kappa shape index (κ1) is 36.3. The maximum Gasteiger partial charge on any atom is 0.389 e. The van der Waals surface area contributed by atoms with Gasteiger partial charge >= 0.3 is 12.1 Å². The number of benzene rings is 1. The molecule has 0 aromatic heterocycles. The summed E-state index contributed by atoms with van der Waals surface area (Å²) >= 11 is 6.04. The van der Waals surface area contributed by atoms with Crippen LogP contribution in [0.5, 0.6) is 0 Å². The van der Waals surface area contributed by atoms with Crippen LogP contribution in [-0.2, 0) is 35.1 Å². The van der Waals surface area contributed by atoms with Crippen molar-refractivity contribution >= 4 is 35.3 Å². The molecule has 0 unspecified atom stereocenters. The van der Waals surface area contributed by atoms with Crippen molar-refractivity contribution in [2.75, 3.05) is 26.8 Å². The van der Waals surface area contributed by atoms with Gasteiger partial charge < -0.3 is 30.7 Å². The van der Waals surface area contributed by atoms with Crippen LogP contribution in [0.3, 0.4) is 0 Å². The number of alkyl halides is 3. The normalized spacial score (nSPS) is 19.6. The molecule has 1 aromatic rings. The standard InChI is InChI=1S/C29H42ClF3N4O6/c1-18(34)24(39)35-22(16-42-5)25(40)36-28(14-19-7-9-21(30)10-8-19)11-6-12-37(17-28)26(41)20(15-29(31,32)33)13-23(38)43-27(2,3)4/h7-10,18,20,22H,6,11-17,34H2,1-5H3,(H,35,39)(H,36,40)/t18-,20-,22-,28+/m0/s1. The molecule has 1 saturated heterocycles. The second kappa shape index (κ2) is 15.2. The summed E-state index contributed by atoms with van der Waals surface area (Å²) in [5, 5.41) is 5.98. The summed E-state index contributed by atoms with van der Waals surface area (Å²) in [7, 11) is 1.36. The lowest BCUT2D eigenvalue weighted by atomic mass is 9.82. The smallest absolute Gasteiger partial charge is 0.389 e. The molecule has 0 spiro atoms. The fourth-order valence-corrected chi connectivity index (χ4v) is 5.10. The maximum absolute atomic E-state index is 13.6. The lowest BCUT2D eigenvalue weighted by Crippen LogP contribution is -2.65. The van der Waals surface area contributed by atoms with Gasteiger partial charge in [0.15, 0.2) is 0 Å². The van der Waals surface area contributed by atoms with Gasteiger partial charge in [0.25, 0.3) is 0 Å². The average molecular weight is 635 g/mol. The summed E-state index contributed by atoms with van der Waals surface area (Å²) in [4.78, 5) is 53.1. The number of hydrogen-bond acceptors (Lipinski definition) is 7. The van der Waals surface area contributed by atoms with E-state index in [2.05, 4.69) is 10.6 Å². The number of carbonyl (C=O) groups excluding carboxylic acids is 4. The molecule has 0 radical (unpaired) electrons. The third kappa shape index (κ3) is 12.3. The van der Waals surface area contributed by atoms with Gasteiger partial charge in [0.2, 0.25) is 17.7 Å². The number of rotatable bonds is 12. The van der Waals surface area contributed by atoms with Gasteiger partial charge in [-0.1, -0.05) is 23.7 Å². The molecule has 43 heavy (non-hydrogen) atoms. The monoisotopic (exact) mass is 634 g/mol. The van der Waals surface area contributed by atoms with E-state index in [4.69, 9.17) is 26.8 Å². The van der Waals surface area contributed by atoms with E-state index in [1.165, 1.54) is 18.9 Å². The Hall–Kier alpha value is -2.90. The summed E-state index contributed by atoms with van der Waals surface area (Å²) in [5.74, 6) is -4.68. The summed E-state index contributed by atoms with van der Waals surface area (Å²) in [6.45, 7) is 6.02. The largest absolute Gasteiger partial charge is 0.460 e. The molecule has 1 heterocycles. The number of hydrogen-bond donors (Lipinski definition) is 3. The minimum absolute atomic E-state index is 0.128. The molecule has 4 atom stereocenters. The van der Waals surface area contributed by atoms with Crippen LogP contribution in [0.25, 0.3) is 0 Å². The number of carbonyl (C=O) groups is 4. The molecule has 0 saturated carbocycles. The second-order valence-corrected chi connectivity index (χ2v) is 12.5. The molecular weight excluding hydrogens is 593 g/mol. The Labute approximate surface area is 255 Å². The molecule has 1 aromatic carbocycles. The van der Waals surface area contributed by atoms with Crippen molar-refractivity contribution in [1.82, 2.24) is 15.5 Å². The van der Waals surface area contributed by atoms with Crippen molar-refractivity contribution in [3.8, 4) is 0 Å². The van der Waals surface area contributed by atoms with Crippen LogP contribution in [0.1, 0.15) is 58.9 Å². The molecule has 4 N–H and O–H groups in total. The van der Waals surface area contributed by atoms with E-state index in [1.54, 1.807) is 45.0 Å². The lowest BCUT2D eigenvalue weighted by molar-refractivity contribution is -0.169. The van der Waals surface area contributed by atoms with Gasteiger partial charge in [-0.25, -0.2) is 0 Å². The van der Waals surface area contributed by atoms with Crippen molar-refractivity contribution < 1.29 is 41.8 Å². The Morgan fingerprint density at radius 2 is 1.74 bits per heavy atom. The highest BCUT2D eigenvalue weighted by molar-refractivity contribution is 6.30. The molecule has 1 fully saturated rings. The van der Waals surface area contributed by atoms with E-state index in [1.807, 2.05) is 0 Å². The number of ether oxygens (including phenoxy) is 2. The first-order chi connectivity index (χ1) is 19.8. The summed E-state index contributed by atoms with van der Waals surface area (Å²) in [5.41, 5.74) is 4.33. The molecule has 14 heteroatoms. The van der Waals surface area contributed by atoms with Gasteiger partial charge in [0, 0.05) is 25.2 Å². The van der Waals surface area contributed by atoms with E-state index in [0.29, 0.717) is 17.9 Å². The van der Waals surface area contributed by atoms with Crippen molar-refractivity contribution in [3.63, 3.8) is 0 Å². The highest BCUT2D eigenvalue weighted by atomic mass is 35.5. The highest BCUT2D eigenvalue weighted by Crippen LogP contribution is 2.32. The number of nitrogens with zero attached hydrogens (tertiary/aromatic N) is 1. The SMILES string of the molecule is COC[C@H](NC(=O)[C@H](C)N)C(=O)N[C@@]1(Cc2ccc(Cl)cc2)CCCN(C(=O)[C@@H](CC(=O)OC(C)(C)C)CC(F)(F)F)C1. The number of piperidine rings is 1. The van der Waals surface area contributed by atoms with Crippen molar-refractivity contribution in [1.29, 1.82) is 0 Å². The van der Waals surface area contributed by atoms with Crippen molar-refractivity contribution in [2.45, 2.75) is 89.2 Å². The van der Waals surface area contributed by atoms with Gasteiger partial charge in [-0.2, -0.15) is 13.2 Å². The third-order valence-electron chi connectivity index (χ3n) is 6.77. The fourth-order valence-electron chi connectivity index (χ4n) is 4.97. The maximum atomic E-state index is 13.6. The fraction of sp³-hybridized carbons (Fsp3) is 0.655. The van der Waals surface area contributed by atoms with Gasteiger partial charge in [0.1, 0.15) is 11.6 Å². The van der Waals surface area contributed by atoms with Crippen LogP contribution in [0.2, 0.25) is 5.02 Å². The van der Waals surface area contributed by atoms with Gasteiger partial charge in [-0.3, -0.25) is 19.2 Å². The zero-order chi connectivity index (χ0) is 32.6. The number of methoxy groups -OCH3 is 1. The number of amides is 3. The highest BCUT2D eigenvalue weighted by Gasteiger charge is 2.44. The molecule has 10 nitrogen and oxygen atoms in total. The Morgan fingerprint density at radius 1 is 1.12 bits per heavy atom. The predicted octanol–water partition coefficient (Wildman–Crippen LogP) is 3.14. The summed E-state index contributed by atoms with van der Waals surface area (Å²) in [6.07, 6.45) is -6.03. The van der Waals surface area contributed by atoms with E-state index in [0.717, 1.165) is 5.56 Å². The second-order valence-electron chi connectivity index (χ2n) is 12.0. The minimum Gasteiger partial charge on any atom is -0.460 e. The van der Waals surface area contributed by atoms with E-state index in [9.17, 15) is 32.3 Å². The first-order valence-corrected chi connectivity index (χ1v) is 14.4.